The van der Waals surface area contributed by atoms with E-state index >= 15 is 0 Å². The second kappa shape index (κ2) is 7.54. The lowest BCUT2D eigenvalue weighted by Gasteiger charge is -2.22. The highest BCUT2D eigenvalue weighted by atomic mass is 16.5. The first-order chi connectivity index (χ1) is 15.0. The normalized spacial score (nSPS) is 14.0. The van der Waals surface area contributed by atoms with Crippen LogP contribution in [0.3, 0.4) is 0 Å². The van der Waals surface area contributed by atoms with Crippen LogP contribution in [-0.4, -0.2) is 33.3 Å². The summed E-state index contributed by atoms with van der Waals surface area (Å²) in [4.78, 5) is 19.7. The molecule has 2 aromatic carbocycles. The molecule has 0 bridgehead atoms. The first-order valence-electron chi connectivity index (χ1n) is 10.5. The summed E-state index contributed by atoms with van der Waals surface area (Å²) in [7, 11) is 1.87. The average molecular weight is 412 g/mol. The molecule has 0 saturated carbocycles. The number of rotatable bonds is 4. The SMILES string of the molecule is Cc1nn(C)c2nc(OC(C)C(=O)N3CCc4ccccc43)cc(-c3ccccc3)c12. The Labute approximate surface area is 181 Å². The van der Waals surface area contributed by atoms with Crippen molar-refractivity contribution in [2.24, 2.45) is 7.05 Å². The van der Waals surface area contributed by atoms with Gasteiger partial charge in [-0.1, -0.05) is 48.5 Å². The third-order valence-electron chi connectivity index (χ3n) is 5.83. The monoisotopic (exact) mass is 412 g/mol. The fourth-order valence-electron chi connectivity index (χ4n) is 4.35. The summed E-state index contributed by atoms with van der Waals surface area (Å²) in [6.45, 7) is 4.44. The van der Waals surface area contributed by atoms with Gasteiger partial charge in [0.2, 0.25) is 5.88 Å². The maximum absolute atomic E-state index is 13.2. The molecule has 1 aliphatic heterocycles. The third kappa shape index (κ3) is 3.34. The minimum atomic E-state index is -0.658. The number of hydrogen-bond acceptors (Lipinski definition) is 4. The van der Waals surface area contributed by atoms with Crippen molar-refractivity contribution >= 4 is 22.6 Å². The summed E-state index contributed by atoms with van der Waals surface area (Å²) < 4.78 is 7.85. The Balaban J connectivity index is 1.50. The van der Waals surface area contributed by atoms with Gasteiger partial charge in [0.1, 0.15) is 0 Å². The largest absolute Gasteiger partial charge is 0.464 e. The highest BCUT2D eigenvalue weighted by Crippen LogP contribution is 2.33. The van der Waals surface area contributed by atoms with E-state index in [4.69, 9.17) is 4.74 Å². The van der Waals surface area contributed by atoms with Crippen molar-refractivity contribution in [1.29, 1.82) is 0 Å². The van der Waals surface area contributed by atoms with E-state index < -0.39 is 6.10 Å². The van der Waals surface area contributed by atoms with E-state index in [9.17, 15) is 4.79 Å². The molecule has 0 aliphatic carbocycles. The quantitative estimate of drug-likeness (QED) is 0.501. The zero-order chi connectivity index (χ0) is 21.5. The van der Waals surface area contributed by atoms with E-state index in [1.54, 1.807) is 11.6 Å². The number of carbonyl (C=O) groups is 1. The molecular formula is C25H24N4O2. The van der Waals surface area contributed by atoms with Crippen molar-refractivity contribution in [3.8, 4) is 17.0 Å². The third-order valence-corrected chi connectivity index (χ3v) is 5.83. The van der Waals surface area contributed by atoms with Crippen molar-refractivity contribution in [3.05, 3.63) is 71.9 Å². The zero-order valence-corrected chi connectivity index (χ0v) is 17.9. The van der Waals surface area contributed by atoms with Crippen LogP contribution < -0.4 is 9.64 Å². The minimum Gasteiger partial charge on any atom is -0.464 e. The molecule has 0 N–H and O–H groups in total. The molecular weight excluding hydrogens is 388 g/mol. The first kappa shape index (κ1) is 19.3. The molecule has 0 fully saturated rings. The average Bonchev–Trinajstić information content (AvgIpc) is 3.34. The Morgan fingerprint density at radius 3 is 2.65 bits per heavy atom. The molecule has 156 valence electrons. The van der Waals surface area contributed by atoms with Crippen LogP contribution in [0.25, 0.3) is 22.2 Å². The van der Waals surface area contributed by atoms with E-state index in [1.807, 2.05) is 61.3 Å². The van der Waals surface area contributed by atoms with Gasteiger partial charge in [-0.3, -0.25) is 9.48 Å². The number of hydrogen-bond donors (Lipinski definition) is 0. The molecule has 1 atom stereocenters. The number of benzene rings is 2. The van der Waals surface area contributed by atoms with Crippen LogP contribution in [0, 0.1) is 6.92 Å². The summed E-state index contributed by atoms with van der Waals surface area (Å²) in [6, 6.07) is 20.0. The van der Waals surface area contributed by atoms with E-state index in [1.165, 1.54) is 5.56 Å². The predicted octanol–water partition coefficient (Wildman–Crippen LogP) is 4.30. The van der Waals surface area contributed by atoms with Crippen LogP contribution in [0.15, 0.2) is 60.7 Å². The standard InChI is InChI=1S/C25H24N4O2/c1-16-23-20(18-9-5-4-6-10-18)15-22(26-24(23)28(3)27-16)31-17(2)25(30)29-14-13-19-11-7-8-12-21(19)29/h4-12,15,17H,13-14H2,1-3H3. The molecule has 31 heavy (non-hydrogen) atoms. The summed E-state index contributed by atoms with van der Waals surface area (Å²) >= 11 is 0. The summed E-state index contributed by atoms with van der Waals surface area (Å²) in [5.74, 6) is 0.358. The van der Waals surface area contributed by atoms with E-state index in [-0.39, 0.29) is 5.91 Å². The number of nitrogens with zero attached hydrogens (tertiary/aromatic N) is 4. The fourth-order valence-corrected chi connectivity index (χ4v) is 4.35. The summed E-state index contributed by atoms with van der Waals surface area (Å²) in [5, 5.41) is 5.54. The van der Waals surface area contributed by atoms with Crippen molar-refractivity contribution in [2.45, 2.75) is 26.4 Å². The van der Waals surface area contributed by atoms with Crippen molar-refractivity contribution in [1.82, 2.24) is 14.8 Å². The van der Waals surface area contributed by atoms with Crippen LogP contribution in [0.2, 0.25) is 0 Å². The van der Waals surface area contributed by atoms with Crippen molar-refractivity contribution in [2.75, 3.05) is 11.4 Å². The molecule has 0 radical (unpaired) electrons. The Morgan fingerprint density at radius 2 is 1.84 bits per heavy atom. The highest BCUT2D eigenvalue weighted by molar-refractivity contribution is 5.99. The van der Waals surface area contributed by atoms with Gasteiger partial charge in [0.15, 0.2) is 11.8 Å². The number of aromatic nitrogens is 3. The van der Waals surface area contributed by atoms with Gasteiger partial charge >= 0.3 is 0 Å². The van der Waals surface area contributed by atoms with Crippen LogP contribution in [0.4, 0.5) is 5.69 Å². The smallest absolute Gasteiger partial charge is 0.267 e. The molecule has 6 heteroatoms. The molecule has 1 amide bonds. The van der Waals surface area contributed by atoms with Crippen LogP contribution in [-0.2, 0) is 18.3 Å². The van der Waals surface area contributed by atoms with Gasteiger partial charge in [-0.05, 0) is 43.0 Å². The van der Waals surface area contributed by atoms with Gasteiger partial charge in [-0.25, -0.2) is 0 Å². The Hall–Kier alpha value is -3.67. The summed E-state index contributed by atoms with van der Waals surface area (Å²) in [5.41, 5.74) is 5.87. The first-order valence-corrected chi connectivity index (χ1v) is 10.5. The van der Waals surface area contributed by atoms with Gasteiger partial charge in [0.25, 0.3) is 5.91 Å². The van der Waals surface area contributed by atoms with Crippen LogP contribution >= 0.6 is 0 Å². The number of pyridine rings is 1. The fraction of sp³-hybridized carbons (Fsp3) is 0.240. The number of amides is 1. The van der Waals surface area contributed by atoms with Gasteiger partial charge < -0.3 is 9.64 Å². The summed E-state index contributed by atoms with van der Waals surface area (Å²) in [6.07, 6.45) is 0.208. The lowest BCUT2D eigenvalue weighted by atomic mass is 10.0. The topological polar surface area (TPSA) is 60.2 Å². The number of fused-ring (bicyclic) bond motifs is 2. The maximum atomic E-state index is 13.2. The number of aryl methyl sites for hydroxylation is 2. The van der Waals surface area contributed by atoms with Crippen LogP contribution in [0.5, 0.6) is 5.88 Å². The number of para-hydroxylation sites is 1. The second-order valence-corrected chi connectivity index (χ2v) is 7.91. The molecule has 6 nitrogen and oxygen atoms in total. The maximum Gasteiger partial charge on any atom is 0.267 e. The van der Waals surface area contributed by atoms with E-state index in [0.717, 1.165) is 40.0 Å². The van der Waals surface area contributed by atoms with Gasteiger partial charge in [-0.15, -0.1) is 0 Å². The zero-order valence-electron chi connectivity index (χ0n) is 17.9. The molecule has 0 spiro atoms. The molecule has 5 rings (SSSR count). The van der Waals surface area contributed by atoms with Crippen molar-refractivity contribution < 1.29 is 9.53 Å². The molecule has 1 aliphatic rings. The lowest BCUT2D eigenvalue weighted by molar-refractivity contribution is -0.124. The molecule has 0 saturated heterocycles. The van der Waals surface area contributed by atoms with Gasteiger partial charge in [0, 0.05) is 25.3 Å². The second-order valence-electron chi connectivity index (χ2n) is 7.91. The number of ether oxygens (including phenoxy) is 1. The number of anilines is 1. The molecule has 2 aromatic heterocycles. The molecule has 4 aromatic rings. The Bertz CT molecular complexity index is 1280. The Morgan fingerprint density at radius 1 is 1.10 bits per heavy atom. The number of carbonyl (C=O) groups excluding carboxylic acids is 1. The van der Waals surface area contributed by atoms with E-state index in [2.05, 4.69) is 28.3 Å². The highest BCUT2D eigenvalue weighted by Gasteiger charge is 2.29. The van der Waals surface area contributed by atoms with E-state index in [0.29, 0.717) is 12.4 Å². The van der Waals surface area contributed by atoms with Gasteiger partial charge in [-0.2, -0.15) is 10.1 Å². The van der Waals surface area contributed by atoms with Crippen LogP contribution in [0.1, 0.15) is 18.2 Å². The molecule has 1 unspecified atom stereocenters. The van der Waals surface area contributed by atoms with Crippen molar-refractivity contribution in [3.63, 3.8) is 0 Å². The minimum absolute atomic E-state index is 0.0608. The molecule has 3 heterocycles. The van der Waals surface area contributed by atoms with Gasteiger partial charge in [0.05, 0.1) is 11.1 Å². The lowest BCUT2D eigenvalue weighted by Crippen LogP contribution is -2.39. The predicted molar refractivity (Wildman–Crippen MR) is 121 cm³/mol. The Kier molecular flexibility index (Phi) is 4.70.